The first-order chi connectivity index (χ1) is 12.9. The fraction of sp³-hybridized carbons (Fsp3) is 0.429. The maximum Gasteiger partial charge on any atom is 0.243 e. The van der Waals surface area contributed by atoms with Crippen molar-refractivity contribution in [3.8, 4) is 0 Å². The molecule has 0 aromatic heterocycles. The molecule has 0 heterocycles. The molecule has 2 atom stereocenters. The van der Waals surface area contributed by atoms with Crippen molar-refractivity contribution in [2.75, 3.05) is 13.1 Å². The Morgan fingerprint density at radius 2 is 1.56 bits per heavy atom. The number of aliphatic hydroxyl groups excluding tert-OH is 1. The van der Waals surface area contributed by atoms with E-state index >= 15 is 0 Å². The summed E-state index contributed by atoms with van der Waals surface area (Å²) >= 11 is 0. The third-order valence-corrected chi connectivity index (χ3v) is 6.56. The third kappa shape index (κ3) is 5.87. The summed E-state index contributed by atoms with van der Waals surface area (Å²) in [7, 11) is -3.75. The molecule has 6 heteroatoms. The van der Waals surface area contributed by atoms with Crippen LogP contribution in [0.4, 0.5) is 0 Å². The maximum atomic E-state index is 13.4. The number of nitrogens with two attached hydrogens (primary N) is 1. The molecule has 2 aromatic carbocycles. The Kier molecular flexibility index (Phi) is 7.98. The molecule has 2 rings (SSSR count). The van der Waals surface area contributed by atoms with Gasteiger partial charge < -0.3 is 10.8 Å². The molecule has 0 aliphatic heterocycles. The van der Waals surface area contributed by atoms with Gasteiger partial charge in [-0.05, 0) is 36.5 Å². The zero-order valence-corrected chi connectivity index (χ0v) is 16.8. The van der Waals surface area contributed by atoms with Gasteiger partial charge in [0.1, 0.15) is 0 Å². The first-order valence-electron chi connectivity index (χ1n) is 9.35. The highest BCUT2D eigenvalue weighted by atomic mass is 32.2. The van der Waals surface area contributed by atoms with Crippen LogP contribution in [0.5, 0.6) is 0 Å². The van der Waals surface area contributed by atoms with Gasteiger partial charge in [0.15, 0.2) is 0 Å². The molecule has 148 valence electrons. The summed E-state index contributed by atoms with van der Waals surface area (Å²) in [5, 5.41) is 10.6. The van der Waals surface area contributed by atoms with Crippen LogP contribution in [0, 0.1) is 5.92 Å². The second kappa shape index (κ2) is 9.99. The predicted molar refractivity (Wildman–Crippen MR) is 109 cm³/mol. The van der Waals surface area contributed by atoms with Gasteiger partial charge >= 0.3 is 0 Å². The van der Waals surface area contributed by atoms with Crippen LogP contribution in [0.25, 0.3) is 0 Å². The van der Waals surface area contributed by atoms with Crippen LogP contribution in [-0.4, -0.2) is 43.1 Å². The van der Waals surface area contributed by atoms with E-state index in [9.17, 15) is 13.5 Å². The molecular weight excluding hydrogens is 360 g/mol. The highest BCUT2D eigenvalue weighted by Gasteiger charge is 2.35. The van der Waals surface area contributed by atoms with Crippen molar-refractivity contribution in [3.05, 3.63) is 66.2 Å². The largest absolute Gasteiger partial charge is 0.390 e. The first kappa shape index (κ1) is 21.6. The number of benzene rings is 2. The molecule has 0 saturated heterocycles. The van der Waals surface area contributed by atoms with Crippen molar-refractivity contribution in [1.82, 2.24) is 4.31 Å². The lowest BCUT2D eigenvalue weighted by atomic mass is 10.0. The van der Waals surface area contributed by atoms with Gasteiger partial charge in [-0.3, -0.25) is 0 Å². The highest BCUT2D eigenvalue weighted by Crippen LogP contribution is 2.23. The molecule has 2 aromatic rings. The molecule has 0 spiro atoms. The minimum absolute atomic E-state index is 0.0000114. The molecule has 3 N–H and O–H groups in total. The van der Waals surface area contributed by atoms with Crippen molar-refractivity contribution in [1.29, 1.82) is 0 Å². The summed E-state index contributed by atoms with van der Waals surface area (Å²) in [4.78, 5) is 0.232. The normalized spacial score (nSPS) is 14.4. The van der Waals surface area contributed by atoms with E-state index in [4.69, 9.17) is 5.73 Å². The van der Waals surface area contributed by atoms with E-state index in [-0.39, 0.29) is 11.4 Å². The van der Waals surface area contributed by atoms with Gasteiger partial charge in [-0.2, -0.15) is 4.31 Å². The number of aliphatic hydroxyl groups is 1. The molecule has 0 aliphatic carbocycles. The topological polar surface area (TPSA) is 83.6 Å². The SMILES string of the molecule is CC(C)CCN(C(Cc1ccccc1)C(O)CN)S(=O)(=O)c1ccccc1. The van der Waals surface area contributed by atoms with Crippen LogP contribution in [0.1, 0.15) is 25.8 Å². The van der Waals surface area contributed by atoms with Gasteiger partial charge in [-0.1, -0.05) is 62.4 Å². The van der Waals surface area contributed by atoms with Crippen molar-refractivity contribution in [2.24, 2.45) is 11.7 Å². The fourth-order valence-corrected chi connectivity index (χ4v) is 4.71. The molecule has 27 heavy (non-hydrogen) atoms. The lowest BCUT2D eigenvalue weighted by Gasteiger charge is -2.34. The summed E-state index contributed by atoms with van der Waals surface area (Å²) in [6.07, 6.45) is 0.161. The van der Waals surface area contributed by atoms with E-state index in [1.165, 1.54) is 4.31 Å². The molecule has 0 amide bonds. The second-order valence-electron chi connectivity index (χ2n) is 7.17. The minimum atomic E-state index is -3.75. The predicted octanol–water partition coefficient (Wildman–Crippen LogP) is 2.65. The first-order valence-corrected chi connectivity index (χ1v) is 10.8. The Bertz CT molecular complexity index is 780. The molecule has 0 bridgehead atoms. The van der Waals surface area contributed by atoms with Gasteiger partial charge in [-0.15, -0.1) is 0 Å². The third-order valence-electron chi connectivity index (χ3n) is 4.62. The van der Waals surface area contributed by atoms with Crippen molar-refractivity contribution < 1.29 is 13.5 Å². The number of rotatable bonds is 10. The Hall–Kier alpha value is -1.73. The van der Waals surface area contributed by atoms with Crippen LogP contribution >= 0.6 is 0 Å². The minimum Gasteiger partial charge on any atom is -0.390 e. The zero-order valence-electron chi connectivity index (χ0n) is 16.0. The standard InChI is InChI=1S/C21H30N2O3S/c1-17(2)13-14-23(27(25,26)19-11-7-4-8-12-19)20(21(24)16-22)15-18-9-5-3-6-10-18/h3-12,17,20-21,24H,13-16,22H2,1-2H3. The maximum absolute atomic E-state index is 13.4. The van der Waals surface area contributed by atoms with Crippen molar-refractivity contribution >= 4 is 10.0 Å². The number of hydrogen-bond donors (Lipinski definition) is 2. The molecule has 5 nitrogen and oxygen atoms in total. The number of sulfonamides is 1. The van der Waals surface area contributed by atoms with Crippen LogP contribution in [0.2, 0.25) is 0 Å². The van der Waals surface area contributed by atoms with E-state index < -0.39 is 22.2 Å². The number of nitrogens with zero attached hydrogens (tertiary/aromatic N) is 1. The van der Waals surface area contributed by atoms with E-state index in [0.29, 0.717) is 25.3 Å². The summed E-state index contributed by atoms with van der Waals surface area (Å²) in [6, 6.07) is 17.4. The summed E-state index contributed by atoms with van der Waals surface area (Å²) in [5.74, 6) is 0.339. The molecule has 0 fully saturated rings. The highest BCUT2D eigenvalue weighted by molar-refractivity contribution is 7.89. The second-order valence-corrected chi connectivity index (χ2v) is 9.06. The molecule has 2 unspecified atom stereocenters. The van der Waals surface area contributed by atoms with Crippen LogP contribution < -0.4 is 5.73 Å². The van der Waals surface area contributed by atoms with Gasteiger partial charge in [0.25, 0.3) is 0 Å². The Labute approximate surface area is 162 Å². The average molecular weight is 391 g/mol. The molecular formula is C21H30N2O3S. The summed E-state index contributed by atoms with van der Waals surface area (Å²) in [6.45, 7) is 4.45. The Morgan fingerprint density at radius 3 is 2.07 bits per heavy atom. The quantitative estimate of drug-likeness (QED) is 0.653. The Morgan fingerprint density at radius 1 is 1.00 bits per heavy atom. The van der Waals surface area contributed by atoms with Gasteiger partial charge in [0.2, 0.25) is 10.0 Å². The van der Waals surface area contributed by atoms with E-state index in [1.54, 1.807) is 30.3 Å². The van der Waals surface area contributed by atoms with Gasteiger partial charge in [-0.25, -0.2) is 8.42 Å². The summed E-state index contributed by atoms with van der Waals surface area (Å²) in [5.41, 5.74) is 6.70. The summed E-state index contributed by atoms with van der Waals surface area (Å²) < 4.78 is 28.2. The fourth-order valence-electron chi connectivity index (χ4n) is 3.02. The monoisotopic (exact) mass is 390 g/mol. The van der Waals surface area contributed by atoms with Crippen molar-refractivity contribution in [2.45, 2.75) is 43.7 Å². The smallest absolute Gasteiger partial charge is 0.243 e. The number of hydrogen-bond acceptors (Lipinski definition) is 4. The molecule has 0 radical (unpaired) electrons. The van der Waals surface area contributed by atoms with Crippen molar-refractivity contribution in [3.63, 3.8) is 0 Å². The van der Waals surface area contributed by atoms with Gasteiger partial charge in [0.05, 0.1) is 17.0 Å². The lowest BCUT2D eigenvalue weighted by molar-refractivity contribution is 0.0937. The van der Waals surface area contributed by atoms with Crippen LogP contribution in [-0.2, 0) is 16.4 Å². The zero-order chi connectivity index (χ0) is 19.9. The Balaban J connectivity index is 2.43. The van der Waals surface area contributed by atoms with Gasteiger partial charge in [0, 0.05) is 13.1 Å². The van der Waals surface area contributed by atoms with Crippen LogP contribution in [0.15, 0.2) is 65.6 Å². The van der Waals surface area contributed by atoms with E-state index in [2.05, 4.69) is 13.8 Å². The average Bonchev–Trinajstić information content (AvgIpc) is 2.67. The van der Waals surface area contributed by atoms with E-state index in [1.807, 2.05) is 30.3 Å². The van der Waals surface area contributed by atoms with E-state index in [0.717, 1.165) is 5.56 Å². The molecule has 0 aliphatic rings. The van der Waals surface area contributed by atoms with Crippen LogP contribution in [0.3, 0.4) is 0 Å². The lowest BCUT2D eigenvalue weighted by Crippen LogP contribution is -2.51. The molecule has 0 saturated carbocycles.